The Morgan fingerprint density at radius 2 is 1.06 bits per heavy atom. The summed E-state index contributed by atoms with van der Waals surface area (Å²) in [7, 11) is 0. The zero-order valence-electron chi connectivity index (χ0n) is 56.0. The molecule has 10 atom stereocenters. The first-order valence-corrected chi connectivity index (χ1v) is 33.2. The Hall–Kier alpha value is -9.95. The van der Waals surface area contributed by atoms with E-state index in [4.69, 9.17) is 45.7 Å². The zero-order chi connectivity index (χ0) is 72.4. The van der Waals surface area contributed by atoms with Gasteiger partial charge in [0.1, 0.15) is 54.4 Å². The average molecular weight is 1370 g/mol. The summed E-state index contributed by atoms with van der Waals surface area (Å²) in [5, 5.41) is 24.5. The number of carbonyl (C=O) groups is 13. The molecule has 34 nitrogen and oxygen atoms in total. The molecule has 13 amide bonds. The molecule has 2 aromatic carbocycles. The highest BCUT2D eigenvalue weighted by molar-refractivity contribution is 5.99. The lowest BCUT2D eigenvalue weighted by atomic mass is 10.0. The molecule has 0 unspecified atom stereocenters. The number of primary amides is 3. The molecule has 2 fully saturated rings. The maximum atomic E-state index is 14.8. The van der Waals surface area contributed by atoms with Gasteiger partial charge in [0.2, 0.25) is 76.8 Å². The van der Waals surface area contributed by atoms with E-state index in [1.54, 1.807) is 30.3 Å². The van der Waals surface area contributed by atoms with E-state index in [1.165, 1.54) is 34.1 Å². The molecule has 2 aliphatic rings. The number of carbonyl (C=O) groups excluding carboxylic acids is 13. The van der Waals surface area contributed by atoms with Crippen molar-refractivity contribution in [1.29, 1.82) is 0 Å². The highest BCUT2D eigenvalue weighted by Crippen LogP contribution is 2.24. The number of nitrogens with zero attached hydrogens (tertiary/aromatic N) is 6. The van der Waals surface area contributed by atoms with E-state index in [0.717, 1.165) is 6.42 Å². The number of guanidine groups is 1. The van der Waals surface area contributed by atoms with Crippen LogP contribution in [0.5, 0.6) is 0 Å². The summed E-state index contributed by atoms with van der Waals surface area (Å²) in [6.07, 6.45) is 2.19. The molecule has 4 rings (SSSR count). The average Bonchev–Trinajstić information content (AvgIpc) is 1.61. The molecule has 0 aromatic heterocycles. The number of rotatable bonds is 43. The minimum absolute atomic E-state index is 0.0552. The lowest BCUT2D eigenvalue weighted by Crippen LogP contribution is -2.60. The second-order valence-electron chi connectivity index (χ2n) is 24.9. The maximum absolute atomic E-state index is 14.8. The Morgan fingerprint density at radius 3 is 1.59 bits per heavy atom. The number of unbranched alkanes of at least 4 members (excludes halogenated alkanes) is 2. The summed E-state index contributed by atoms with van der Waals surface area (Å²) in [5.41, 5.74) is 49.7. The van der Waals surface area contributed by atoms with Crippen LogP contribution in [0.15, 0.2) is 64.7 Å². The van der Waals surface area contributed by atoms with Crippen molar-refractivity contribution >= 4 is 88.4 Å². The molecule has 2 saturated heterocycles. The maximum Gasteiger partial charge on any atom is 0.245 e. The van der Waals surface area contributed by atoms with Crippen LogP contribution in [-0.2, 0) is 75.2 Å². The fourth-order valence-electron chi connectivity index (χ4n) is 11.3. The van der Waals surface area contributed by atoms with Crippen LogP contribution in [0, 0.1) is 5.92 Å². The number of hydrogen-bond acceptors (Lipinski definition) is 17. The summed E-state index contributed by atoms with van der Waals surface area (Å²) < 4.78 is 0. The monoisotopic (exact) mass is 1370 g/mol. The molecular formula is C64H99N21O13. The first-order valence-electron chi connectivity index (χ1n) is 33.2. The molecule has 0 aliphatic carbocycles. The summed E-state index contributed by atoms with van der Waals surface area (Å²) in [5.74, 6) is -10.7. The lowest BCUT2D eigenvalue weighted by Gasteiger charge is -2.32. The number of azide groups is 1. The van der Waals surface area contributed by atoms with Gasteiger partial charge in [-0.1, -0.05) is 93.3 Å². The number of aliphatic imine (C=N–C) groups is 1. The summed E-state index contributed by atoms with van der Waals surface area (Å²) >= 11 is 0. The van der Waals surface area contributed by atoms with Crippen LogP contribution < -0.4 is 82.7 Å². The van der Waals surface area contributed by atoms with Crippen LogP contribution >= 0.6 is 0 Å². The molecule has 0 saturated carbocycles. The van der Waals surface area contributed by atoms with Gasteiger partial charge in [-0.05, 0) is 113 Å². The number of hydrogen-bond donors (Lipinski definition) is 15. The van der Waals surface area contributed by atoms with Crippen LogP contribution in [0.3, 0.4) is 0 Å². The fraction of sp³-hybridized carbons (Fsp3) is 0.594. The molecule has 22 N–H and O–H groups in total. The SMILES string of the molecule is CCCC[C@H](NC(=O)[C@H](CC(C)C)NC(=O)CNC(=O)[C@H](Cc1ccccc1)NC(=O)[C@H](Cc1ccc(N=[N+]=[N-])cc1)NC(=O)[C@H](CCC(N)=O)NC(=O)[C@H](CCC(N)=O)NC(=O)[C@@H]1CCCN1C(=O)[C@H](CCCCN)NC(=O)[C@@H]1CCCN1C(=O)[C@@H](N)CCCN=C(N)N)C(N)=O. The third-order valence-corrected chi connectivity index (χ3v) is 16.5. The molecule has 34 heteroatoms. The van der Waals surface area contributed by atoms with Crippen molar-refractivity contribution in [3.63, 3.8) is 0 Å². The van der Waals surface area contributed by atoms with Crippen molar-refractivity contribution in [2.45, 2.75) is 203 Å². The van der Waals surface area contributed by atoms with Crippen molar-refractivity contribution < 1.29 is 62.3 Å². The predicted octanol–water partition coefficient (Wildman–Crippen LogP) is -2.33. The topological polar surface area (TPSA) is 568 Å². The number of benzene rings is 2. The Bertz CT molecular complexity index is 3150. The van der Waals surface area contributed by atoms with Crippen LogP contribution in [-0.4, -0.2) is 186 Å². The van der Waals surface area contributed by atoms with Crippen molar-refractivity contribution in [1.82, 2.24) is 52.3 Å². The number of amides is 13. The van der Waals surface area contributed by atoms with Crippen molar-refractivity contribution in [2.75, 3.05) is 32.7 Å². The van der Waals surface area contributed by atoms with E-state index in [0.29, 0.717) is 49.7 Å². The Balaban J connectivity index is 1.60. The lowest BCUT2D eigenvalue weighted by molar-refractivity contribution is -0.144. The normalized spacial score (nSPS) is 16.6. The Kier molecular flexibility index (Phi) is 34.4. The number of nitrogens with two attached hydrogens (primary N) is 7. The van der Waals surface area contributed by atoms with Crippen LogP contribution in [0.25, 0.3) is 10.4 Å². The Morgan fingerprint density at radius 1 is 0.561 bits per heavy atom. The van der Waals surface area contributed by atoms with Crippen LogP contribution in [0.1, 0.15) is 141 Å². The van der Waals surface area contributed by atoms with Crippen molar-refractivity contribution in [3.8, 4) is 0 Å². The minimum Gasteiger partial charge on any atom is -0.370 e. The molecule has 0 radical (unpaired) electrons. The molecule has 2 aromatic rings. The van der Waals surface area contributed by atoms with Gasteiger partial charge in [0.05, 0.1) is 12.6 Å². The van der Waals surface area contributed by atoms with Gasteiger partial charge in [-0.3, -0.25) is 67.3 Å². The molecule has 0 bridgehead atoms. The molecule has 2 heterocycles. The summed E-state index contributed by atoms with van der Waals surface area (Å²) in [6, 6.07) is 1.48. The number of likely N-dealkylation sites (tertiary alicyclic amines) is 2. The van der Waals surface area contributed by atoms with Crippen LogP contribution in [0.2, 0.25) is 0 Å². The summed E-state index contributed by atoms with van der Waals surface area (Å²) in [6.45, 7) is 5.67. The zero-order valence-corrected chi connectivity index (χ0v) is 56.0. The minimum atomic E-state index is -1.70. The predicted molar refractivity (Wildman–Crippen MR) is 361 cm³/mol. The fourth-order valence-corrected chi connectivity index (χ4v) is 11.3. The van der Waals surface area contributed by atoms with E-state index in [9.17, 15) is 62.3 Å². The highest BCUT2D eigenvalue weighted by Gasteiger charge is 2.42. The van der Waals surface area contributed by atoms with Gasteiger partial charge in [-0.25, -0.2) is 0 Å². The Labute approximate surface area is 569 Å². The molecule has 538 valence electrons. The molecular weight excluding hydrogens is 1270 g/mol. The van der Waals surface area contributed by atoms with E-state index in [2.05, 4.69) is 57.6 Å². The van der Waals surface area contributed by atoms with Gasteiger partial charge in [-0.2, -0.15) is 0 Å². The van der Waals surface area contributed by atoms with E-state index < -0.39 is 169 Å². The van der Waals surface area contributed by atoms with Crippen molar-refractivity contribution in [2.24, 2.45) is 56.2 Å². The largest absolute Gasteiger partial charge is 0.370 e. The molecule has 0 spiro atoms. The van der Waals surface area contributed by atoms with E-state index in [-0.39, 0.29) is 95.1 Å². The van der Waals surface area contributed by atoms with Gasteiger partial charge in [0.25, 0.3) is 0 Å². The standard InChI is InChI=1S/C64H99N21O13/c1-4-5-17-42(54(69)89)76-58(93)46(33-37(2)3)75-53(88)36-74-55(90)47(34-38-14-7-6-8-15-38)80-59(94)48(35-39-21-23-40(24-22-39)82-83-72)81-57(92)43(25-27-51(67)86)77-56(91)44(26-28-52(68)87)78-60(95)50-20-13-32-85(50)63(98)45(18-9-10-29-65)79-61(96)49-19-12-31-84(49)62(97)41(66)16-11-30-73-64(70)71/h6-8,14-15,21-24,37,41-50H,4-5,9-13,16-20,25-36,65-66H2,1-3H3,(H2,67,86)(H2,68,87)(H2,69,89)(H,74,90)(H,75,88)(H,76,93)(H,77,91)(H,78,95)(H,79,96)(H,80,94)(H,81,92)(H4,70,71,73)/t41-,42-,43-,44-,45-,46-,47-,48-,49-,50-/m0/s1. The van der Waals surface area contributed by atoms with Gasteiger partial charge in [-0.15, -0.1) is 0 Å². The quantitative estimate of drug-likeness (QED) is 0.00827. The second kappa shape index (κ2) is 41.9. The highest BCUT2D eigenvalue weighted by atomic mass is 16.2. The van der Waals surface area contributed by atoms with Crippen molar-refractivity contribution in [3.05, 3.63) is 76.2 Å². The molecule has 2 aliphatic heterocycles. The van der Waals surface area contributed by atoms with E-state index in [1.807, 2.05) is 20.8 Å². The number of nitrogens with one attached hydrogen (secondary N) is 8. The third-order valence-electron chi connectivity index (χ3n) is 16.5. The van der Waals surface area contributed by atoms with Gasteiger partial charge in [0, 0.05) is 55.9 Å². The van der Waals surface area contributed by atoms with Gasteiger partial charge < -0.3 is 92.5 Å². The second-order valence-corrected chi connectivity index (χ2v) is 24.9. The first-order chi connectivity index (χ1) is 46.7. The molecule has 98 heavy (non-hydrogen) atoms. The van der Waals surface area contributed by atoms with E-state index >= 15 is 0 Å². The first kappa shape index (κ1) is 80.5. The van der Waals surface area contributed by atoms with Crippen LogP contribution in [0.4, 0.5) is 5.69 Å². The van der Waals surface area contributed by atoms with Gasteiger partial charge >= 0.3 is 0 Å². The van der Waals surface area contributed by atoms with Gasteiger partial charge in [0.15, 0.2) is 5.96 Å². The smallest absolute Gasteiger partial charge is 0.245 e. The summed E-state index contributed by atoms with van der Waals surface area (Å²) in [4.78, 5) is 188. The third kappa shape index (κ3) is 27.6.